The Morgan fingerprint density at radius 2 is 2.00 bits per heavy atom. The molecule has 0 aliphatic carbocycles. The summed E-state index contributed by atoms with van der Waals surface area (Å²) >= 11 is 2.13. The summed E-state index contributed by atoms with van der Waals surface area (Å²) in [7, 11) is 2.25. The number of aromatic nitrogens is 2. The fourth-order valence-corrected chi connectivity index (χ4v) is 6.39. The van der Waals surface area contributed by atoms with Crippen LogP contribution in [0.5, 0.6) is 0 Å². The third-order valence-corrected chi connectivity index (χ3v) is 7.27. The molecule has 2 aliphatic rings. The molecule has 2 aromatic heterocycles. The van der Waals surface area contributed by atoms with Gasteiger partial charge < -0.3 is 9.47 Å². The monoisotopic (exact) mass is 349 g/mol. The molecule has 4 heteroatoms. The standard InChI is InChI=1S/C21H23N3S/c1-14-4-5-18-16(10-14)17-11-23(3)12-19-20(17)24(18)13-21(2,25-19)15-6-8-22-9-7-15/h4-10,19H,11-13H2,1-3H3. The Labute approximate surface area is 153 Å². The van der Waals surface area contributed by atoms with Crippen molar-refractivity contribution in [2.45, 2.75) is 36.9 Å². The van der Waals surface area contributed by atoms with Crippen LogP contribution in [0.4, 0.5) is 0 Å². The molecule has 4 heterocycles. The summed E-state index contributed by atoms with van der Waals surface area (Å²) in [4.78, 5) is 6.69. The first-order chi connectivity index (χ1) is 12.0. The van der Waals surface area contributed by atoms with Crippen molar-refractivity contribution in [3.63, 3.8) is 0 Å². The molecule has 0 radical (unpaired) electrons. The highest BCUT2D eigenvalue weighted by molar-refractivity contribution is 8.00. The summed E-state index contributed by atoms with van der Waals surface area (Å²) in [5.74, 6) is 0. The lowest BCUT2D eigenvalue weighted by Crippen LogP contribution is -2.38. The minimum absolute atomic E-state index is 0.0763. The highest BCUT2D eigenvalue weighted by Crippen LogP contribution is 2.54. The highest BCUT2D eigenvalue weighted by atomic mass is 32.2. The molecule has 128 valence electrons. The van der Waals surface area contributed by atoms with Gasteiger partial charge in [0.15, 0.2) is 0 Å². The van der Waals surface area contributed by atoms with Gasteiger partial charge in [-0.3, -0.25) is 4.98 Å². The van der Waals surface area contributed by atoms with Crippen LogP contribution in [0.25, 0.3) is 10.9 Å². The van der Waals surface area contributed by atoms with E-state index in [0.29, 0.717) is 5.25 Å². The van der Waals surface area contributed by atoms with Gasteiger partial charge in [0.1, 0.15) is 0 Å². The van der Waals surface area contributed by atoms with Gasteiger partial charge in [0.2, 0.25) is 0 Å². The quantitative estimate of drug-likeness (QED) is 0.646. The van der Waals surface area contributed by atoms with Gasteiger partial charge in [-0.2, -0.15) is 0 Å². The first-order valence-electron chi connectivity index (χ1n) is 8.94. The van der Waals surface area contributed by atoms with E-state index in [1.54, 1.807) is 11.3 Å². The van der Waals surface area contributed by atoms with Gasteiger partial charge in [0, 0.05) is 48.6 Å². The minimum Gasteiger partial charge on any atom is -0.341 e. The molecule has 25 heavy (non-hydrogen) atoms. The van der Waals surface area contributed by atoms with Gasteiger partial charge in [-0.15, -0.1) is 11.8 Å². The first kappa shape index (κ1) is 15.5. The van der Waals surface area contributed by atoms with E-state index < -0.39 is 0 Å². The lowest BCUT2D eigenvalue weighted by Gasteiger charge is -2.43. The molecular formula is C21H23N3S. The number of hydrogen-bond acceptors (Lipinski definition) is 3. The maximum absolute atomic E-state index is 4.22. The first-order valence-corrected chi connectivity index (χ1v) is 9.82. The van der Waals surface area contributed by atoms with Crippen molar-refractivity contribution in [2.75, 3.05) is 13.6 Å². The van der Waals surface area contributed by atoms with Crippen LogP contribution >= 0.6 is 11.8 Å². The number of likely N-dealkylation sites (N-methyl/N-ethyl adjacent to an activating group) is 1. The van der Waals surface area contributed by atoms with Crippen LogP contribution in [0.1, 0.15) is 34.6 Å². The van der Waals surface area contributed by atoms with E-state index in [1.165, 1.54) is 22.0 Å². The van der Waals surface area contributed by atoms with E-state index in [-0.39, 0.29) is 4.75 Å². The Morgan fingerprint density at radius 3 is 2.80 bits per heavy atom. The fourth-order valence-electron chi connectivity index (χ4n) is 4.58. The van der Waals surface area contributed by atoms with Crippen molar-refractivity contribution >= 4 is 22.7 Å². The number of nitrogens with zero attached hydrogens (tertiary/aromatic N) is 3. The molecule has 0 saturated heterocycles. The van der Waals surface area contributed by atoms with E-state index >= 15 is 0 Å². The smallest absolute Gasteiger partial charge is 0.0590 e. The predicted octanol–water partition coefficient (Wildman–Crippen LogP) is 4.49. The minimum atomic E-state index is 0.0763. The Bertz CT molecular complexity index is 962. The van der Waals surface area contributed by atoms with Crippen LogP contribution in [0, 0.1) is 6.92 Å². The Balaban J connectivity index is 1.75. The SMILES string of the molecule is Cc1ccc2c(c1)c1c3n2CC(C)(c2ccncc2)SC3CN(C)C1. The van der Waals surface area contributed by atoms with Crippen molar-refractivity contribution in [3.8, 4) is 0 Å². The Hall–Kier alpha value is -1.78. The number of pyridine rings is 1. The molecule has 2 aliphatic heterocycles. The molecule has 0 amide bonds. The van der Waals surface area contributed by atoms with Crippen LogP contribution in [-0.4, -0.2) is 28.0 Å². The maximum atomic E-state index is 4.22. The van der Waals surface area contributed by atoms with Crippen molar-refractivity contribution in [2.24, 2.45) is 0 Å². The largest absolute Gasteiger partial charge is 0.341 e. The molecule has 2 unspecified atom stereocenters. The van der Waals surface area contributed by atoms with Crippen LogP contribution in [-0.2, 0) is 17.8 Å². The molecule has 3 aromatic rings. The van der Waals surface area contributed by atoms with E-state index in [4.69, 9.17) is 0 Å². The van der Waals surface area contributed by atoms with Gasteiger partial charge in [-0.25, -0.2) is 0 Å². The molecule has 2 atom stereocenters. The number of thioether (sulfide) groups is 1. The van der Waals surface area contributed by atoms with Crippen molar-refractivity contribution in [1.82, 2.24) is 14.5 Å². The number of hydrogen-bond donors (Lipinski definition) is 0. The third-order valence-electron chi connectivity index (χ3n) is 5.73. The van der Waals surface area contributed by atoms with Gasteiger partial charge >= 0.3 is 0 Å². The van der Waals surface area contributed by atoms with Crippen LogP contribution in [0.15, 0.2) is 42.7 Å². The molecule has 1 aromatic carbocycles. The second-order valence-corrected chi connectivity index (χ2v) is 9.45. The van der Waals surface area contributed by atoms with Gasteiger partial charge in [-0.1, -0.05) is 11.6 Å². The number of fused-ring (bicyclic) bond motifs is 3. The number of rotatable bonds is 1. The summed E-state index contributed by atoms with van der Waals surface area (Å²) in [5.41, 5.74) is 7.23. The summed E-state index contributed by atoms with van der Waals surface area (Å²) in [6.45, 7) is 7.79. The zero-order chi connectivity index (χ0) is 17.2. The van der Waals surface area contributed by atoms with Gasteiger partial charge in [0.05, 0.1) is 10.00 Å². The summed E-state index contributed by atoms with van der Waals surface area (Å²) in [6, 6.07) is 11.3. The zero-order valence-corrected chi connectivity index (χ0v) is 15.8. The second kappa shape index (κ2) is 5.36. The highest BCUT2D eigenvalue weighted by Gasteiger charge is 2.42. The summed E-state index contributed by atoms with van der Waals surface area (Å²) in [5, 5.41) is 1.97. The van der Waals surface area contributed by atoms with Crippen molar-refractivity contribution in [3.05, 3.63) is 65.1 Å². The predicted molar refractivity (Wildman–Crippen MR) is 105 cm³/mol. The van der Waals surface area contributed by atoms with Crippen LogP contribution < -0.4 is 0 Å². The zero-order valence-electron chi connectivity index (χ0n) is 15.0. The molecule has 0 bridgehead atoms. The molecule has 5 rings (SSSR count). The molecular weight excluding hydrogens is 326 g/mol. The lowest BCUT2D eigenvalue weighted by molar-refractivity contribution is 0.299. The van der Waals surface area contributed by atoms with E-state index in [0.717, 1.165) is 19.6 Å². The Kier molecular flexibility index (Phi) is 3.32. The van der Waals surface area contributed by atoms with E-state index in [1.807, 2.05) is 12.4 Å². The van der Waals surface area contributed by atoms with Gasteiger partial charge in [0.25, 0.3) is 0 Å². The van der Waals surface area contributed by atoms with Gasteiger partial charge in [-0.05, 0) is 56.3 Å². The fraction of sp³-hybridized carbons (Fsp3) is 0.381. The maximum Gasteiger partial charge on any atom is 0.0590 e. The average molecular weight is 350 g/mol. The second-order valence-electron chi connectivity index (χ2n) is 7.74. The summed E-state index contributed by atoms with van der Waals surface area (Å²) in [6.07, 6.45) is 3.85. The summed E-state index contributed by atoms with van der Waals surface area (Å²) < 4.78 is 2.69. The van der Waals surface area contributed by atoms with E-state index in [2.05, 4.69) is 77.4 Å². The topological polar surface area (TPSA) is 21.1 Å². The average Bonchev–Trinajstić information content (AvgIpc) is 2.89. The number of aryl methyl sites for hydroxylation is 1. The van der Waals surface area contributed by atoms with Crippen LogP contribution in [0.3, 0.4) is 0 Å². The molecule has 0 fully saturated rings. The third kappa shape index (κ3) is 2.27. The lowest BCUT2D eigenvalue weighted by atomic mass is 9.99. The molecule has 0 N–H and O–H groups in total. The normalized spacial score (nSPS) is 26.0. The molecule has 3 nitrogen and oxygen atoms in total. The number of benzene rings is 1. The van der Waals surface area contributed by atoms with Crippen LogP contribution in [0.2, 0.25) is 0 Å². The van der Waals surface area contributed by atoms with Crippen molar-refractivity contribution < 1.29 is 0 Å². The van der Waals surface area contributed by atoms with E-state index in [9.17, 15) is 0 Å². The van der Waals surface area contributed by atoms with Crippen molar-refractivity contribution in [1.29, 1.82) is 0 Å². The molecule has 0 saturated carbocycles. The Morgan fingerprint density at radius 1 is 1.20 bits per heavy atom. The molecule has 0 spiro atoms.